The van der Waals surface area contributed by atoms with E-state index in [0.29, 0.717) is 24.0 Å². The van der Waals surface area contributed by atoms with Crippen molar-refractivity contribution >= 4 is 11.8 Å². The van der Waals surface area contributed by atoms with Crippen LogP contribution in [0, 0.1) is 0 Å². The Labute approximate surface area is 188 Å². The number of hydrogen-bond acceptors (Lipinski definition) is 5. The van der Waals surface area contributed by atoms with Crippen molar-refractivity contribution in [2.75, 3.05) is 7.11 Å². The highest BCUT2D eigenvalue weighted by Crippen LogP contribution is 2.45. The van der Waals surface area contributed by atoms with Crippen molar-refractivity contribution in [1.82, 2.24) is 5.32 Å². The molecule has 2 unspecified atom stereocenters. The maximum Gasteiger partial charge on any atom is 0.337 e. The van der Waals surface area contributed by atoms with Crippen LogP contribution in [0.25, 0.3) is 0 Å². The summed E-state index contributed by atoms with van der Waals surface area (Å²) in [5.74, 6) is 0.0198. The van der Waals surface area contributed by atoms with E-state index in [9.17, 15) is 9.59 Å². The number of pyridine rings is 1. The molecule has 2 N–H and O–H groups in total. The van der Waals surface area contributed by atoms with Crippen molar-refractivity contribution in [3.05, 3.63) is 82.5 Å². The number of dihydropyridines is 1. The number of H-pyrrole nitrogens is 1. The molecule has 0 saturated heterocycles. The second-order valence-corrected chi connectivity index (χ2v) is 8.56. The first-order valence-corrected chi connectivity index (χ1v) is 10.9. The average Bonchev–Trinajstić information content (AvgIpc) is 2.78. The van der Waals surface area contributed by atoms with E-state index in [0.717, 1.165) is 28.4 Å². The number of allylic oxidation sites excluding steroid dienone is 3. The van der Waals surface area contributed by atoms with E-state index in [4.69, 9.17) is 9.47 Å². The van der Waals surface area contributed by atoms with E-state index in [2.05, 4.69) is 10.3 Å². The Balaban J connectivity index is 1.74. The molecule has 1 aromatic carbocycles. The molecule has 2 heterocycles. The second-order valence-electron chi connectivity index (χ2n) is 8.56. The van der Waals surface area contributed by atoms with Crippen molar-refractivity contribution in [1.29, 1.82) is 0 Å². The first kappa shape index (κ1) is 21.8. The summed E-state index contributed by atoms with van der Waals surface area (Å²) in [6.45, 7) is 5.52. The quantitative estimate of drug-likeness (QED) is 0.725. The monoisotopic (exact) mass is 433 g/mol. The number of esters is 1. The summed E-state index contributed by atoms with van der Waals surface area (Å²) in [4.78, 5) is 29.8. The molecule has 2 aromatic rings. The first-order chi connectivity index (χ1) is 15.4. The molecule has 0 radical (unpaired) electrons. The highest BCUT2D eigenvalue weighted by molar-refractivity contribution is 6.04. The van der Waals surface area contributed by atoms with Crippen molar-refractivity contribution in [3.8, 4) is 5.75 Å². The summed E-state index contributed by atoms with van der Waals surface area (Å²) in [5.41, 5.74) is 4.63. The number of aromatic amines is 1. The topological polar surface area (TPSA) is 78.8 Å². The van der Waals surface area contributed by atoms with Crippen molar-refractivity contribution in [2.24, 2.45) is 0 Å². The van der Waals surface area contributed by atoms with Crippen molar-refractivity contribution in [3.63, 3.8) is 0 Å². The summed E-state index contributed by atoms with van der Waals surface area (Å²) in [5, 5.41) is 3.37. The van der Waals surface area contributed by atoms with Crippen molar-refractivity contribution in [2.45, 2.75) is 51.6 Å². The van der Waals surface area contributed by atoms with Crippen LogP contribution >= 0.6 is 0 Å². The van der Waals surface area contributed by atoms with Crippen LogP contribution < -0.4 is 15.0 Å². The maximum absolute atomic E-state index is 13.5. The third-order valence-corrected chi connectivity index (χ3v) is 6.02. The number of benzene rings is 1. The largest absolute Gasteiger partial charge is 0.497 e. The molecule has 2 aliphatic rings. The number of ether oxygens (including phenoxy) is 2. The highest BCUT2D eigenvalue weighted by Gasteiger charge is 2.44. The molecule has 4 rings (SSSR count). The lowest BCUT2D eigenvalue weighted by Crippen LogP contribution is -2.38. The van der Waals surface area contributed by atoms with Crippen LogP contribution in [0.5, 0.6) is 5.75 Å². The van der Waals surface area contributed by atoms with Crippen LogP contribution in [0.3, 0.4) is 0 Å². The van der Waals surface area contributed by atoms with Gasteiger partial charge in [0, 0.05) is 35.5 Å². The van der Waals surface area contributed by atoms with Gasteiger partial charge in [-0.3, -0.25) is 4.79 Å². The van der Waals surface area contributed by atoms with E-state index in [1.807, 2.05) is 69.4 Å². The lowest BCUT2D eigenvalue weighted by molar-refractivity contribution is -0.391. The van der Waals surface area contributed by atoms with Gasteiger partial charge in [-0.1, -0.05) is 18.2 Å². The summed E-state index contributed by atoms with van der Waals surface area (Å²) in [6.07, 6.45) is 2.65. The highest BCUT2D eigenvalue weighted by atomic mass is 16.5. The van der Waals surface area contributed by atoms with Crippen LogP contribution in [0.1, 0.15) is 56.7 Å². The Kier molecular flexibility index (Phi) is 6.12. The molecule has 0 bridgehead atoms. The minimum Gasteiger partial charge on any atom is -0.497 e. The molecule has 32 heavy (non-hydrogen) atoms. The average molecular weight is 434 g/mol. The summed E-state index contributed by atoms with van der Waals surface area (Å²) < 4.78 is 10.8. The van der Waals surface area contributed by atoms with Gasteiger partial charge in [0.25, 0.3) is 0 Å². The molecular formula is C26H29N2O4+. The number of Topliss-reactive ketones (excluding diaryl/α,β-unsaturated/α-hetero) is 1. The lowest BCUT2D eigenvalue weighted by atomic mass is 9.73. The van der Waals surface area contributed by atoms with Gasteiger partial charge in [-0.05, 0) is 50.8 Å². The number of hydrogen-bond donors (Lipinski definition) is 1. The number of nitrogens with one attached hydrogen (secondary N) is 2. The van der Waals surface area contributed by atoms with Crippen LogP contribution in [0.4, 0.5) is 0 Å². The summed E-state index contributed by atoms with van der Waals surface area (Å²) >= 11 is 0. The predicted octanol–water partition coefficient (Wildman–Crippen LogP) is 3.82. The normalized spacial score (nSPS) is 20.7. The van der Waals surface area contributed by atoms with Crippen LogP contribution in [-0.2, 0) is 14.3 Å². The standard InChI is InChI=1S/C26H28N2O4/c1-15(2)32-26(30)23-16(3)28-21-13-18(17-8-10-19(31-4)11-9-17)14-22(29)24(21)25(23)20-7-5-6-12-27-20/h5-12,15,18,25,28H,13-14H2,1-4H3/p+1. The Morgan fingerprint density at radius 3 is 2.50 bits per heavy atom. The fourth-order valence-electron chi connectivity index (χ4n) is 4.60. The van der Waals surface area contributed by atoms with Gasteiger partial charge in [0.1, 0.15) is 11.7 Å². The zero-order valence-corrected chi connectivity index (χ0v) is 18.9. The zero-order valence-electron chi connectivity index (χ0n) is 18.9. The van der Waals surface area contributed by atoms with E-state index in [1.54, 1.807) is 7.11 Å². The van der Waals surface area contributed by atoms with Crippen LogP contribution in [0.15, 0.2) is 71.2 Å². The molecule has 0 amide bonds. The molecule has 2 atom stereocenters. The molecule has 166 valence electrons. The molecule has 1 aliphatic carbocycles. The Morgan fingerprint density at radius 2 is 1.88 bits per heavy atom. The fourth-order valence-corrected chi connectivity index (χ4v) is 4.60. The molecule has 1 aromatic heterocycles. The lowest BCUT2D eigenvalue weighted by Gasteiger charge is -2.35. The van der Waals surface area contributed by atoms with Gasteiger partial charge in [-0.2, -0.15) is 0 Å². The van der Waals surface area contributed by atoms with Gasteiger partial charge in [-0.25, -0.2) is 9.78 Å². The predicted molar refractivity (Wildman–Crippen MR) is 120 cm³/mol. The third kappa shape index (κ3) is 4.17. The van der Waals surface area contributed by atoms with E-state index >= 15 is 0 Å². The third-order valence-electron chi connectivity index (χ3n) is 6.02. The number of methoxy groups -OCH3 is 1. The van der Waals surface area contributed by atoms with E-state index in [-0.39, 0.29) is 17.8 Å². The van der Waals surface area contributed by atoms with Gasteiger partial charge >= 0.3 is 5.97 Å². The molecule has 6 heteroatoms. The number of ketones is 1. The smallest absolute Gasteiger partial charge is 0.337 e. The van der Waals surface area contributed by atoms with E-state index in [1.165, 1.54) is 0 Å². The number of aromatic nitrogens is 1. The number of carbonyl (C=O) groups excluding carboxylic acids is 2. The van der Waals surface area contributed by atoms with Gasteiger partial charge in [0.2, 0.25) is 0 Å². The Morgan fingerprint density at radius 1 is 1.12 bits per heavy atom. The van der Waals surface area contributed by atoms with E-state index < -0.39 is 11.9 Å². The van der Waals surface area contributed by atoms with Crippen LogP contribution in [0.2, 0.25) is 0 Å². The minimum absolute atomic E-state index is 0.0455. The minimum atomic E-state index is -0.483. The van der Waals surface area contributed by atoms with Crippen LogP contribution in [-0.4, -0.2) is 25.0 Å². The maximum atomic E-state index is 13.5. The molecule has 0 fully saturated rings. The molecular weight excluding hydrogens is 404 g/mol. The molecule has 0 saturated carbocycles. The van der Waals surface area contributed by atoms with Crippen molar-refractivity contribution < 1.29 is 24.0 Å². The Hall–Kier alpha value is -3.41. The van der Waals surface area contributed by atoms with Gasteiger partial charge in [0.15, 0.2) is 17.7 Å². The second kappa shape index (κ2) is 8.99. The fraction of sp³-hybridized carbons (Fsp3) is 0.346. The first-order valence-electron chi connectivity index (χ1n) is 10.9. The van der Waals surface area contributed by atoms with Gasteiger partial charge < -0.3 is 14.8 Å². The Bertz CT molecular complexity index is 1080. The number of carbonyl (C=O) groups is 2. The number of rotatable bonds is 5. The van der Waals surface area contributed by atoms with Gasteiger partial charge in [0.05, 0.1) is 18.8 Å². The molecule has 6 nitrogen and oxygen atoms in total. The molecule has 0 spiro atoms. The SMILES string of the molecule is COc1ccc(C2CC(=O)C3=C(C2)NC(C)=C(C(=O)OC(C)C)C3c2cccc[nH+]2)cc1. The molecule has 1 aliphatic heterocycles. The summed E-state index contributed by atoms with van der Waals surface area (Å²) in [6, 6.07) is 13.6. The summed E-state index contributed by atoms with van der Waals surface area (Å²) in [7, 11) is 1.64. The van der Waals surface area contributed by atoms with Gasteiger partial charge in [-0.15, -0.1) is 0 Å². The zero-order chi connectivity index (χ0) is 22.8.